The molecule has 0 aliphatic heterocycles. The van der Waals surface area contributed by atoms with Crippen LogP contribution in [0.5, 0.6) is 0 Å². The Balaban J connectivity index is 2.82. The second-order valence-corrected chi connectivity index (χ2v) is 1.71. The number of hydrogen-bond acceptors (Lipinski definition) is 3. The molecule has 0 aromatic rings. The second kappa shape index (κ2) is 7.43. The van der Waals surface area contributed by atoms with Gasteiger partial charge in [-0.15, -0.1) is 0 Å². The van der Waals surface area contributed by atoms with E-state index in [-0.39, 0.29) is 0 Å². The van der Waals surface area contributed by atoms with E-state index in [1.54, 1.807) is 6.21 Å². The lowest BCUT2D eigenvalue weighted by atomic mass is 10.4. The molecule has 0 saturated carbocycles. The van der Waals surface area contributed by atoms with Crippen LogP contribution in [0.15, 0.2) is 5.16 Å². The van der Waals surface area contributed by atoms with Gasteiger partial charge in [0.2, 0.25) is 0 Å². The zero-order chi connectivity index (χ0) is 6.95. The summed E-state index contributed by atoms with van der Waals surface area (Å²) < 4.78 is 0. The lowest BCUT2D eigenvalue weighted by molar-refractivity contribution is 0.142. The monoisotopic (exact) mass is 130 g/mol. The molecule has 0 fully saturated rings. The molecular weight excluding hydrogens is 116 g/mol. The van der Waals surface area contributed by atoms with Gasteiger partial charge in [0.05, 0.1) is 6.21 Å². The first-order valence-electron chi connectivity index (χ1n) is 3.25. The third kappa shape index (κ3) is 7.43. The van der Waals surface area contributed by atoms with E-state index in [9.17, 15) is 0 Å². The highest BCUT2D eigenvalue weighted by Crippen LogP contribution is 1.86. The molecule has 0 spiro atoms. The largest absolute Gasteiger partial charge is 0.396 e. The molecular formula is C6H14N2O. The van der Waals surface area contributed by atoms with Crippen LogP contribution in [0.2, 0.25) is 0 Å². The molecule has 0 aromatic carbocycles. The molecule has 0 saturated heterocycles. The number of rotatable bonds is 5. The molecule has 0 atom stereocenters. The van der Waals surface area contributed by atoms with E-state index < -0.39 is 0 Å². The predicted molar refractivity (Wildman–Crippen MR) is 38.4 cm³/mol. The van der Waals surface area contributed by atoms with Crippen LogP contribution in [-0.2, 0) is 4.84 Å². The molecule has 3 heteroatoms. The Bertz CT molecular complexity index is 73.5. The van der Waals surface area contributed by atoms with Crippen LogP contribution in [0.1, 0.15) is 19.8 Å². The molecule has 0 aromatic heterocycles. The number of nitrogens with zero attached hydrogens (tertiary/aromatic N) is 1. The first-order chi connectivity index (χ1) is 4.41. The Labute approximate surface area is 55.9 Å². The minimum atomic E-state index is 0.451. The number of oxime groups is 1. The van der Waals surface area contributed by atoms with Crippen molar-refractivity contribution >= 4 is 6.21 Å². The maximum Gasteiger partial charge on any atom is 0.117 e. The number of hydrogen-bond donors (Lipinski definition) is 1. The summed E-state index contributed by atoms with van der Waals surface area (Å²) in [5.41, 5.74) is 5.11. The fraction of sp³-hybridized carbons (Fsp3) is 0.833. The first-order valence-corrected chi connectivity index (χ1v) is 3.25. The van der Waals surface area contributed by atoms with Crippen molar-refractivity contribution in [1.82, 2.24) is 0 Å². The summed E-state index contributed by atoms with van der Waals surface area (Å²) in [7, 11) is 0. The third-order valence-corrected chi connectivity index (χ3v) is 0.844. The van der Waals surface area contributed by atoms with Crippen molar-refractivity contribution in [3.8, 4) is 0 Å². The fourth-order valence-electron chi connectivity index (χ4n) is 0.357. The van der Waals surface area contributed by atoms with E-state index in [0.29, 0.717) is 13.2 Å². The Morgan fingerprint density at radius 3 is 3.00 bits per heavy atom. The smallest absolute Gasteiger partial charge is 0.117 e. The summed E-state index contributed by atoms with van der Waals surface area (Å²) in [4.78, 5) is 4.80. The van der Waals surface area contributed by atoms with E-state index in [4.69, 9.17) is 10.6 Å². The molecule has 0 rings (SSSR count). The van der Waals surface area contributed by atoms with Crippen LogP contribution in [0.4, 0.5) is 0 Å². The van der Waals surface area contributed by atoms with Gasteiger partial charge in [-0.2, -0.15) is 0 Å². The zero-order valence-electron chi connectivity index (χ0n) is 5.84. The van der Waals surface area contributed by atoms with E-state index in [1.165, 1.54) is 0 Å². The third-order valence-electron chi connectivity index (χ3n) is 0.844. The van der Waals surface area contributed by atoms with Crippen molar-refractivity contribution in [3.05, 3.63) is 0 Å². The lowest BCUT2D eigenvalue weighted by Gasteiger charge is -1.93. The van der Waals surface area contributed by atoms with Crippen LogP contribution >= 0.6 is 0 Å². The van der Waals surface area contributed by atoms with Crippen molar-refractivity contribution in [1.29, 1.82) is 0 Å². The average molecular weight is 130 g/mol. The van der Waals surface area contributed by atoms with Crippen molar-refractivity contribution in [2.75, 3.05) is 13.2 Å². The molecule has 9 heavy (non-hydrogen) atoms. The predicted octanol–water partition coefficient (Wildman–Crippen LogP) is 0.748. The fourth-order valence-corrected chi connectivity index (χ4v) is 0.357. The number of nitrogens with two attached hydrogens (primary N) is 1. The van der Waals surface area contributed by atoms with E-state index in [1.807, 2.05) is 0 Å². The van der Waals surface area contributed by atoms with Crippen LogP contribution in [-0.4, -0.2) is 19.4 Å². The summed E-state index contributed by atoms with van der Waals surface area (Å²) in [5, 5.41) is 3.58. The second-order valence-electron chi connectivity index (χ2n) is 1.71. The van der Waals surface area contributed by atoms with Gasteiger partial charge in [0.1, 0.15) is 6.61 Å². The van der Waals surface area contributed by atoms with Gasteiger partial charge in [-0.25, -0.2) is 0 Å². The highest BCUT2D eigenvalue weighted by atomic mass is 16.6. The van der Waals surface area contributed by atoms with Crippen molar-refractivity contribution in [2.45, 2.75) is 19.8 Å². The maximum atomic E-state index is 5.11. The van der Waals surface area contributed by atoms with Gasteiger partial charge in [-0.05, 0) is 6.42 Å². The number of unbranched alkanes of at least 4 members (excludes halogenated alkanes) is 1. The molecule has 3 nitrogen and oxygen atoms in total. The lowest BCUT2D eigenvalue weighted by Crippen LogP contribution is -1.99. The highest BCUT2D eigenvalue weighted by molar-refractivity contribution is 5.58. The Hall–Kier alpha value is -0.570. The summed E-state index contributed by atoms with van der Waals surface area (Å²) >= 11 is 0. The standard InChI is InChI=1S/C6H14N2O/c1-2-3-6-9-8-5-4-7/h5H,2-4,6-7H2,1H3. The van der Waals surface area contributed by atoms with Gasteiger partial charge in [0.25, 0.3) is 0 Å². The molecule has 0 aliphatic carbocycles. The summed E-state index contributed by atoms with van der Waals surface area (Å²) in [6.07, 6.45) is 3.75. The molecule has 0 heterocycles. The van der Waals surface area contributed by atoms with Crippen molar-refractivity contribution < 1.29 is 4.84 Å². The van der Waals surface area contributed by atoms with Gasteiger partial charge >= 0.3 is 0 Å². The topological polar surface area (TPSA) is 47.6 Å². The summed E-state index contributed by atoms with van der Waals surface area (Å²) in [5.74, 6) is 0. The van der Waals surface area contributed by atoms with Gasteiger partial charge < -0.3 is 10.6 Å². The molecule has 0 radical (unpaired) electrons. The quantitative estimate of drug-likeness (QED) is 0.339. The minimum Gasteiger partial charge on any atom is -0.396 e. The van der Waals surface area contributed by atoms with Crippen molar-refractivity contribution in [2.24, 2.45) is 10.9 Å². The van der Waals surface area contributed by atoms with Crippen LogP contribution < -0.4 is 5.73 Å². The molecule has 2 N–H and O–H groups in total. The average Bonchev–Trinajstić information content (AvgIpc) is 1.89. The van der Waals surface area contributed by atoms with Crippen LogP contribution in [0.25, 0.3) is 0 Å². The summed E-state index contributed by atoms with van der Waals surface area (Å²) in [6, 6.07) is 0. The highest BCUT2D eigenvalue weighted by Gasteiger charge is 1.79. The normalized spacial score (nSPS) is 10.4. The molecule has 54 valence electrons. The maximum absolute atomic E-state index is 5.11. The molecule has 0 amide bonds. The van der Waals surface area contributed by atoms with E-state index in [0.717, 1.165) is 12.8 Å². The Kier molecular flexibility index (Phi) is 6.96. The van der Waals surface area contributed by atoms with E-state index in [2.05, 4.69) is 12.1 Å². The van der Waals surface area contributed by atoms with Gasteiger partial charge in [0, 0.05) is 6.54 Å². The molecule has 0 bridgehead atoms. The Morgan fingerprint density at radius 1 is 1.67 bits per heavy atom. The SMILES string of the molecule is CCCCON=CCN. The van der Waals surface area contributed by atoms with E-state index >= 15 is 0 Å². The Morgan fingerprint density at radius 2 is 2.44 bits per heavy atom. The zero-order valence-corrected chi connectivity index (χ0v) is 5.84. The minimum absolute atomic E-state index is 0.451. The van der Waals surface area contributed by atoms with Gasteiger partial charge in [0.15, 0.2) is 0 Å². The summed E-state index contributed by atoms with van der Waals surface area (Å²) in [6.45, 7) is 3.26. The van der Waals surface area contributed by atoms with Gasteiger partial charge in [-0.1, -0.05) is 18.5 Å². The van der Waals surface area contributed by atoms with Gasteiger partial charge in [-0.3, -0.25) is 0 Å². The molecule has 0 unspecified atom stereocenters. The molecule has 0 aliphatic rings. The first kappa shape index (κ1) is 8.43. The van der Waals surface area contributed by atoms with Crippen molar-refractivity contribution in [3.63, 3.8) is 0 Å². The van der Waals surface area contributed by atoms with Crippen LogP contribution in [0.3, 0.4) is 0 Å². The van der Waals surface area contributed by atoms with Crippen LogP contribution in [0, 0.1) is 0 Å².